The van der Waals surface area contributed by atoms with Gasteiger partial charge in [0.05, 0.1) is 11.4 Å². The number of hydrogen-bond acceptors (Lipinski definition) is 2. The monoisotopic (exact) mass is 572 g/mol. The second kappa shape index (κ2) is 13.1. The number of nitrogens with zero attached hydrogens (tertiary/aromatic N) is 2. The lowest BCUT2D eigenvalue weighted by molar-refractivity contribution is 1.10. The molecule has 6 aromatic carbocycles. The largest absolute Gasteiger partial charge is 0.310 e. The standard InChI is InChI=1S/C42H40N2/c1-5-33-17-13-15-31(3)41(33)43(37-19-9-7-10-20-37)39-27-23-35(24-28-39)36-25-29-40(30-26-36)44(38-21-11-8-12-22-38)42-32(4)16-14-18-34(42)6-2/h7-30H,5-6H2,1-4H3. The molecular formula is C42H40N2. The number of rotatable bonds is 9. The van der Waals surface area contributed by atoms with Crippen molar-refractivity contribution in [1.82, 2.24) is 0 Å². The normalized spacial score (nSPS) is 10.9. The SMILES string of the molecule is CCc1cccc(C)c1N(c1ccccc1)c1ccc(-c2ccc(N(c3ccccc3)c3c(C)cccc3CC)cc2)cc1. The van der Waals surface area contributed by atoms with Gasteiger partial charge in [0, 0.05) is 22.7 Å². The Hall–Kier alpha value is -5.08. The van der Waals surface area contributed by atoms with Crippen LogP contribution in [0.5, 0.6) is 0 Å². The fraction of sp³-hybridized carbons (Fsp3) is 0.143. The highest BCUT2D eigenvalue weighted by Gasteiger charge is 2.19. The molecule has 0 aliphatic carbocycles. The Morgan fingerprint density at radius 3 is 1.05 bits per heavy atom. The van der Waals surface area contributed by atoms with Crippen LogP contribution >= 0.6 is 0 Å². The summed E-state index contributed by atoms with van der Waals surface area (Å²) in [7, 11) is 0. The molecule has 0 N–H and O–H groups in total. The van der Waals surface area contributed by atoms with Gasteiger partial charge in [0.2, 0.25) is 0 Å². The number of para-hydroxylation sites is 4. The van der Waals surface area contributed by atoms with Crippen LogP contribution in [0, 0.1) is 13.8 Å². The van der Waals surface area contributed by atoms with Gasteiger partial charge in [-0.3, -0.25) is 0 Å². The predicted molar refractivity (Wildman–Crippen MR) is 189 cm³/mol. The Kier molecular flexibility index (Phi) is 8.61. The van der Waals surface area contributed by atoms with Crippen LogP contribution in [-0.4, -0.2) is 0 Å². The van der Waals surface area contributed by atoms with E-state index in [4.69, 9.17) is 0 Å². The zero-order valence-electron chi connectivity index (χ0n) is 26.2. The van der Waals surface area contributed by atoms with Crippen LogP contribution < -0.4 is 9.80 Å². The van der Waals surface area contributed by atoms with Crippen LogP contribution in [0.2, 0.25) is 0 Å². The Labute approximate surface area is 262 Å². The minimum atomic E-state index is 0.979. The molecule has 0 bridgehead atoms. The molecule has 0 saturated carbocycles. The van der Waals surface area contributed by atoms with E-state index in [0.717, 1.165) is 35.6 Å². The number of anilines is 6. The van der Waals surface area contributed by atoms with Gasteiger partial charge in [0.25, 0.3) is 0 Å². The van der Waals surface area contributed by atoms with Crippen LogP contribution in [0.4, 0.5) is 34.1 Å². The van der Waals surface area contributed by atoms with Gasteiger partial charge in [-0.1, -0.05) is 111 Å². The highest BCUT2D eigenvalue weighted by atomic mass is 15.2. The maximum atomic E-state index is 2.40. The highest BCUT2D eigenvalue weighted by Crippen LogP contribution is 2.41. The zero-order chi connectivity index (χ0) is 30.5. The predicted octanol–water partition coefficient (Wildman–Crippen LogP) is 12.0. The third-order valence-electron chi connectivity index (χ3n) is 8.46. The fourth-order valence-electron chi connectivity index (χ4n) is 6.22. The number of aryl methyl sites for hydroxylation is 4. The summed E-state index contributed by atoms with van der Waals surface area (Å²) in [5, 5.41) is 0. The van der Waals surface area contributed by atoms with Gasteiger partial charge in [-0.25, -0.2) is 0 Å². The van der Waals surface area contributed by atoms with Gasteiger partial charge in [0.15, 0.2) is 0 Å². The first-order valence-electron chi connectivity index (χ1n) is 15.7. The highest BCUT2D eigenvalue weighted by molar-refractivity contribution is 5.83. The quantitative estimate of drug-likeness (QED) is 0.170. The molecular weight excluding hydrogens is 532 g/mol. The van der Waals surface area contributed by atoms with Crippen molar-refractivity contribution in [3.63, 3.8) is 0 Å². The molecule has 2 nitrogen and oxygen atoms in total. The van der Waals surface area contributed by atoms with Gasteiger partial charge in [0.1, 0.15) is 0 Å². The van der Waals surface area contributed by atoms with E-state index in [1.165, 1.54) is 44.8 Å². The molecule has 6 aromatic rings. The van der Waals surface area contributed by atoms with Crippen molar-refractivity contribution in [1.29, 1.82) is 0 Å². The lowest BCUT2D eigenvalue weighted by atomic mass is 10.0. The van der Waals surface area contributed by atoms with Crippen molar-refractivity contribution in [2.45, 2.75) is 40.5 Å². The molecule has 0 aromatic heterocycles. The lowest BCUT2D eigenvalue weighted by Gasteiger charge is -2.29. The van der Waals surface area contributed by atoms with Crippen LogP contribution in [0.1, 0.15) is 36.1 Å². The Morgan fingerprint density at radius 2 is 0.705 bits per heavy atom. The fourth-order valence-corrected chi connectivity index (χ4v) is 6.22. The third-order valence-corrected chi connectivity index (χ3v) is 8.46. The molecule has 0 spiro atoms. The van der Waals surface area contributed by atoms with Crippen molar-refractivity contribution in [3.8, 4) is 11.1 Å². The minimum Gasteiger partial charge on any atom is -0.310 e. The molecule has 0 aliphatic rings. The molecule has 2 heteroatoms. The van der Waals surface area contributed by atoms with Crippen LogP contribution in [0.25, 0.3) is 11.1 Å². The van der Waals surface area contributed by atoms with Gasteiger partial charge in [-0.2, -0.15) is 0 Å². The summed E-state index contributed by atoms with van der Waals surface area (Å²) >= 11 is 0. The molecule has 0 radical (unpaired) electrons. The van der Waals surface area contributed by atoms with Crippen LogP contribution in [-0.2, 0) is 12.8 Å². The minimum absolute atomic E-state index is 0.979. The lowest BCUT2D eigenvalue weighted by Crippen LogP contribution is -2.13. The summed E-state index contributed by atoms with van der Waals surface area (Å²) in [4.78, 5) is 4.79. The summed E-state index contributed by atoms with van der Waals surface area (Å²) in [6.07, 6.45) is 1.96. The van der Waals surface area contributed by atoms with E-state index in [9.17, 15) is 0 Å². The molecule has 6 rings (SSSR count). The van der Waals surface area contributed by atoms with Gasteiger partial charge in [-0.15, -0.1) is 0 Å². The summed E-state index contributed by atoms with van der Waals surface area (Å²) in [5.74, 6) is 0. The van der Waals surface area contributed by atoms with E-state index in [2.05, 4.69) is 183 Å². The molecule has 0 aliphatic heterocycles. The Morgan fingerprint density at radius 1 is 0.364 bits per heavy atom. The number of hydrogen-bond donors (Lipinski definition) is 0. The van der Waals surface area contributed by atoms with Crippen LogP contribution in [0.15, 0.2) is 146 Å². The molecule has 0 heterocycles. The van der Waals surface area contributed by atoms with Crippen molar-refractivity contribution >= 4 is 34.1 Å². The van der Waals surface area contributed by atoms with Crippen molar-refractivity contribution < 1.29 is 0 Å². The van der Waals surface area contributed by atoms with Gasteiger partial charge < -0.3 is 9.80 Å². The molecule has 0 saturated heterocycles. The smallest absolute Gasteiger partial charge is 0.0522 e. The first-order valence-corrected chi connectivity index (χ1v) is 15.7. The van der Waals surface area contributed by atoms with E-state index in [1.54, 1.807) is 0 Å². The maximum Gasteiger partial charge on any atom is 0.0522 e. The summed E-state index contributed by atoms with van der Waals surface area (Å²) in [5.41, 5.74) is 14.8. The summed E-state index contributed by atoms with van der Waals surface area (Å²) in [6.45, 7) is 8.88. The molecule has 0 fully saturated rings. The molecule has 44 heavy (non-hydrogen) atoms. The van der Waals surface area contributed by atoms with E-state index in [1.807, 2.05) is 0 Å². The summed E-state index contributed by atoms with van der Waals surface area (Å²) < 4.78 is 0. The van der Waals surface area contributed by atoms with Crippen LogP contribution in [0.3, 0.4) is 0 Å². The van der Waals surface area contributed by atoms with E-state index >= 15 is 0 Å². The molecule has 0 amide bonds. The summed E-state index contributed by atoms with van der Waals surface area (Å²) in [6, 6.07) is 52.6. The van der Waals surface area contributed by atoms with Crippen molar-refractivity contribution in [2.75, 3.05) is 9.80 Å². The average Bonchev–Trinajstić information content (AvgIpc) is 3.08. The average molecular weight is 573 g/mol. The Balaban J connectivity index is 1.37. The Bertz CT molecular complexity index is 1680. The van der Waals surface area contributed by atoms with Crippen molar-refractivity contribution in [2.24, 2.45) is 0 Å². The second-order valence-electron chi connectivity index (χ2n) is 11.3. The van der Waals surface area contributed by atoms with E-state index in [-0.39, 0.29) is 0 Å². The first kappa shape index (κ1) is 29.0. The number of benzene rings is 6. The zero-order valence-corrected chi connectivity index (χ0v) is 26.2. The molecule has 0 unspecified atom stereocenters. The topological polar surface area (TPSA) is 6.48 Å². The molecule has 218 valence electrons. The van der Waals surface area contributed by atoms with E-state index in [0.29, 0.717) is 0 Å². The van der Waals surface area contributed by atoms with Gasteiger partial charge >= 0.3 is 0 Å². The molecule has 0 atom stereocenters. The van der Waals surface area contributed by atoms with Crippen molar-refractivity contribution in [3.05, 3.63) is 168 Å². The maximum absolute atomic E-state index is 2.40. The third kappa shape index (κ3) is 5.76. The first-order chi connectivity index (χ1) is 21.6. The van der Waals surface area contributed by atoms with E-state index < -0.39 is 0 Å². The van der Waals surface area contributed by atoms with Gasteiger partial charge in [-0.05, 0) is 109 Å². The second-order valence-corrected chi connectivity index (χ2v) is 11.3.